The molecule has 11 aromatic rings. The molecule has 318 valence electrons. The van der Waals surface area contributed by atoms with E-state index in [9.17, 15) is 0 Å². The highest BCUT2D eigenvalue weighted by Gasteiger charge is 2.39. The van der Waals surface area contributed by atoms with E-state index in [-0.39, 0.29) is 0 Å². The molecule has 0 radical (unpaired) electrons. The number of allylic oxidation sites excluding steroid dienone is 3. The molecule has 0 saturated carbocycles. The normalized spacial score (nSPS) is 13.8. The van der Waals surface area contributed by atoms with Crippen LogP contribution in [0.4, 0.5) is 11.4 Å². The molecule has 0 aliphatic heterocycles. The first kappa shape index (κ1) is 40.1. The van der Waals surface area contributed by atoms with Gasteiger partial charge >= 0.3 is 0 Å². The number of anilines is 2. The quantitative estimate of drug-likeness (QED) is 0.124. The number of benzene rings is 10. The zero-order valence-corrected chi connectivity index (χ0v) is 37.2. The minimum absolute atomic E-state index is 0.299. The van der Waals surface area contributed by atoms with Crippen LogP contribution in [0.3, 0.4) is 0 Å². The van der Waals surface area contributed by atoms with Crippen molar-refractivity contribution in [1.82, 2.24) is 4.57 Å². The molecule has 1 aliphatic carbocycles. The van der Waals surface area contributed by atoms with E-state index in [1.165, 1.54) is 71.5 Å². The van der Waals surface area contributed by atoms with Gasteiger partial charge < -0.3 is 9.47 Å². The maximum Gasteiger partial charge on any atom is 0.0702 e. The van der Waals surface area contributed by atoms with Crippen molar-refractivity contribution in [1.29, 1.82) is 0 Å². The van der Waals surface area contributed by atoms with E-state index >= 15 is 0 Å². The number of para-hydroxylation sites is 2. The Morgan fingerprint density at radius 3 is 1.61 bits per heavy atom. The van der Waals surface area contributed by atoms with E-state index < -0.39 is 5.41 Å². The second kappa shape index (κ2) is 17.2. The van der Waals surface area contributed by atoms with Crippen molar-refractivity contribution in [2.24, 2.45) is 0 Å². The second-order valence-electron chi connectivity index (χ2n) is 17.6. The molecule has 1 aliphatic rings. The molecule has 0 amide bonds. The fourth-order valence-corrected chi connectivity index (χ4v) is 10.6. The van der Waals surface area contributed by atoms with Crippen LogP contribution in [0, 0.1) is 0 Å². The molecule has 0 bridgehead atoms. The summed E-state index contributed by atoms with van der Waals surface area (Å²) in [4.78, 5) is 2.42. The third-order valence-corrected chi connectivity index (χ3v) is 13.9. The molecule has 2 nitrogen and oxygen atoms in total. The summed E-state index contributed by atoms with van der Waals surface area (Å²) in [7, 11) is 0. The lowest BCUT2D eigenvalue weighted by Gasteiger charge is -2.37. The molecule has 1 unspecified atom stereocenters. The number of hydrogen-bond acceptors (Lipinski definition) is 1. The van der Waals surface area contributed by atoms with Crippen LogP contribution < -0.4 is 4.90 Å². The van der Waals surface area contributed by atoms with E-state index in [0.717, 1.165) is 29.2 Å². The smallest absolute Gasteiger partial charge is 0.0702 e. The second-order valence-corrected chi connectivity index (χ2v) is 17.6. The molecule has 0 spiro atoms. The summed E-state index contributed by atoms with van der Waals surface area (Å²) in [5.41, 5.74) is 14.8. The first-order valence-corrected chi connectivity index (χ1v) is 23.4. The van der Waals surface area contributed by atoms with Crippen molar-refractivity contribution in [3.8, 4) is 16.8 Å². The Hall–Kier alpha value is -8.46. The average molecular weight is 857 g/mol. The minimum atomic E-state index is -0.646. The van der Waals surface area contributed by atoms with Crippen molar-refractivity contribution >= 4 is 44.0 Å². The monoisotopic (exact) mass is 856 g/mol. The van der Waals surface area contributed by atoms with Crippen molar-refractivity contribution in [2.45, 2.75) is 17.8 Å². The molecule has 1 aromatic heterocycles. The predicted octanol–water partition coefficient (Wildman–Crippen LogP) is 16.8. The van der Waals surface area contributed by atoms with Crippen molar-refractivity contribution in [3.05, 3.63) is 307 Å². The number of rotatable bonds is 10. The van der Waals surface area contributed by atoms with Gasteiger partial charge in [-0.15, -0.1) is 0 Å². The molecule has 1 atom stereocenters. The molecule has 12 rings (SSSR count). The van der Waals surface area contributed by atoms with E-state index in [2.05, 4.69) is 282 Å². The van der Waals surface area contributed by atoms with Gasteiger partial charge in [0, 0.05) is 39.4 Å². The average Bonchev–Trinajstić information content (AvgIpc) is 3.74. The SMILES string of the molecule is C1=CC(c2ccc3ccccc3c2)CC=C1N(c1ccc(-c2ccccc2)cc1)c1ccc(C(c2ccccc2)(c2ccccc2)c2ccc3c4ccccc4n(-c4ccccc4)c3c2)cc1. The Balaban J connectivity index is 1.01. The topological polar surface area (TPSA) is 8.17 Å². The molecule has 0 saturated heterocycles. The third-order valence-electron chi connectivity index (χ3n) is 13.9. The summed E-state index contributed by atoms with van der Waals surface area (Å²) >= 11 is 0. The van der Waals surface area contributed by atoms with Crippen LogP contribution in [0.5, 0.6) is 0 Å². The van der Waals surface area contributed by atoms with Gasteiger partial charge in [-0.1, -0.05) is 218 Å². The van der Waals surface area contributed by atoms with Gasteiger partial charge in [0.15, 0.2) is 0 Å². The Labute approximate surface area is 392 Å². The van der Waals surface area contributed by atoms with Crippen molar-refractivity contribution < 1.29 is 0 Å². The summed E-state index contributed by atoms with van der Waals surface area (Å²) in [6.45, 7) is 0. The van der Waals surface area contributed by atoms with Crippen LogP contribution in [0.25, 0.3) is 49.4 Å². The van der Waals surface area contributed by atoms with Crippen molar-refractivity contribution in [2.75, 3.05) is 4.90 Å². The highest BCUT2D eigenvalue weighted by molar-refractivity contribution is 6.09. The van der Waals surface area contributed by atoms with Crippen LogP contribution in [0.2, 0.25) is 0 Å². The van der Waals surface area contributed by atoms with Crippen molar-refractivity contribution in [3.63, 3.8) is 0 Å². The first-order chi connectivity index (χ1) is 33.2. The number of nitrogens with zero attached hydrogens (tertiary/aromatic N) is 2. The van der Waals surface area contributed by atoms with Gasteiger partial charge in [-0.05, 0) is 111 Å². The zero-order valence-electron chi connectivity index (χ0n) is 37.2. The molecule has 1 heterocycles. The van der Waals surface area contributed by atoms with Gasteiger partial charge in [-0.25, -0.2) is 0 Å². The van der Waals surface area contributed by atoms with Crippen LogP contribution in [-0.4, -0.2) is 4.57 Å². The third kappa shape index (κ3) is 7.15. The Bertz CT molecular complexity index is 3530. The van der Waals surface area contributed by atoms with Crippen LogP contribution in [-0.2, 0) is 5.41 Å². The van der Waals surface area contributed by atoms with E-state index in [1.54, 1.807) is 0 Å². The Kier molecular flexibility index (Phi) is 10.3. The Morgan fingerprint density at radius 2 is 0.940 bits per heavy atom. The highest BCUT2D eigenvalue weighted by Crippen LogP contribution is 2.48. The number of aromatic nitrogens is 1. The maximum absolute atomic E-state index is 2.44. The molecule has 0 fully saturated rings. The molecular weight excluding hydrogens is 809 g/mol. The molecule has 0 N–H and O–H groups in total. The standard InChI is InChI=1S/C65H48N2/c1-5-17-47(18-6-1)49-31-38-58(39-32-49)66(59-40-33-50(34-41-59)52-30-29-48-19-13-14-20-51(48)45-52)60-42-35-55(36-43-60)65(53-21-7-2-8-22-53,54-23-9-3-10-24-54)56-37-44-62-61-27-15-16-28-63(61)67(64(62)46-56)57-25-11-4-12-26-57/h1-33,35-46,50H,34H2. The summed E-state index contributed by atoms with van der Waals surface area (Å²) in [6.07, 6.45) is 8.04. The lowest BCUT2D eigenvalue weighted by molar-refractivity contribution is 0.746. The van der Waals surface area contributed by atoms with Crippen LogP contribution >= 0.6 is 0 Å². The van der Waals surface area contributed by atoms with Gasteiger partial charge in [-0.3, -0.25) is 0 Å². The van der Waals surface area contributed by atoms with E-state index in [1.807, 2.05) is 0 Å². The van der Waals surface area contributed by atoms with Gasteiger partial charge in [-0.2, -0.15) is 0 Å². The van der Waals surface area contributed by atoms with E-state index in [4.69, 9.17) is 0 Å². The summed E-state index contributed by atoms with van der Waals surface area (Å²) in [5, 5.41) is 5.03. The first-order valence-electron chi connectivity index (χ1n) is 23.4. The molecular formula is C65H48N2. The van der Waals surface area contributed by atoms with Crippen LogP contribution in [0.15, 0.2) is 279 Å². The summed E-state index contributed by atoms with van der Waals surface area (Å²) < 4.78 is 2.43. The summed E-state index contributed by atoms with van der Waals surface area (Å²) in [5.74, 6) is 0.299. The van der Waals surface area contributed by atoms with Gasteiger partial charge in [0.2, 0.25) is 0 Å². The molecule has 10 aromatic carbocycles. The van der Waals surface area contributed by atoms with E-state index in [0.29, 0.717) is 5.92 Å². The number of hydrogen-bond donors (Lipinski definition) is 0. The fourth-order valence-electron chi connectivity index (χ4n) is 10.6. The van der Waals surface area contributed by atoms with Crippen LogP contribution in [0.1, 0.15) is 40.2 Å². The van der Waals surface area contributed by atoms with Gasteiger partial charge in [0.25, 0.3) is 0 Å². The minimum Gasteiger partial charge on any atom is -0.311 e. The van der Waals surface area contributed by atoms with Gasteiger partial charge in [0.1, 0.15) is 0 Å². The fraction of sp³-hybridized carbons (Fsp3) is 0.0462. The number of fused-ring (bicyclic) bond motifs is 4. The highest BCUT2D eigenvalue weighted by atomic mass is 15.1. The summed E-state index contributed by atoms with van der Waals surface area (Å²) in [6, 6.07) is 93.4. The Morgan fingerprint density at radius 1 is 0.403 bits per heavy atom. The maximum atomic E-state index is 2.44. The van der Waals surface area contributed by atoms with Gasteiger partial charge in [0.05, 0.1) is 16.4 Å². The lowest BCUT2D eigenvalue weighted by atomic mass is 9.65. The molecule has 67 heavy (non-hydrogen) atoms. The molecule has 2 heteroatoms. The predicted molar refractivity (Wildman–Crippen MR) is 282 cm³/mol. The largest absolute Gasteiger partial charge is 0.311 e. The lowest BCUT2D eigenvalue weighted by Crippen LogP contribution is -2.31. The zero-order chi connectivity index (χ0) is 44.6.